The average Bonchev–Trinajstić information content (AvgIpc) is 3.15. The van der Waals surface area contributed by atoms with Crippen LogP contribution in [-0.4, -0.2) is 78.2 Å². The molecule has 2 heterocycles. The minimum Gasteiger partial charge on any atom is -0.497 e. The molecular formula is C20H27N3O5S. The Balaban J connectivity index is 1.60. The van der Waals surface area contributed by atoms with Crippen LogP contribution in [0.15, 0.2) is 24.3 Å². The van der Waals surface area contributed by atoms with Gasteiger partial charge in [0.1, 0.15) is 12.3 Å². The highest BCUT2D eigenvalue weighted by Crippen LogP contribution is 2.44. The Morgan fingerprint density at radius 1 is 1.21 bits per heavy atom. The highest BCUT2D eigenvalue weighted by Gasteiger charge is 2.47. The molecule has 1 aromatic carbocycles. The smallest absolute Gasteiger partial charge is 0.325 e. The molecule has 8 nitrogen and oxygen atoms in total. The summed E-state index contributed by atoms with van der Waals surface area (Å²) in [5, 5.41) is 2.60. The van der Waals surface area contributed by atoms with E-state index in [1.807, 2.05) is 17.0 Å². The second-order valence-electron chi connectivity index (χ2n) is 6.93. The van der Waals surface area contributed by atoms with Crippen molar-refractivity contribution in [2.45, 2.75) is 24.6 Å². The van der Waals surface area contributed by atoms with Crippen molar-refractivity contribution in [2.24, 2.45) is 0 Å². The quantitative estimate of drug-likeness (QED) is 0.731. The highest BCUT2D eigenvalue weighted by molar-refractivity contribution is 8.00. The number of hydrogen-bond acceptors (Lipinski definition) is 6. The zero-order valence-electron chi connectivity index (χ0n) is 16.8. The topological polar surface area (TPSA) is 88.2 Å². The maximum absolute atomic E-state index is 13.2. The van der Waals surface area contributed by atoms with Gasteiger partial charge in [-0.25, -0.2) is 4.79 Å². The van der Waals surface area contributed by atoms with Gasteiger partial charge in [-0.1, -0.05) is 6.07 Å². The van der Waals surface area contributed by atoms with Gasteiger partial charge in [-0.05, 0) is 38.0 Å². The summed E-state index contributed by atoms with van der Waals surface area (Å²) in [5.74, 6) is 1.08. The summed E-state index contributed by atoms with van der Waals surface area (Å²) in [4.78, 5) is 40.2. The number of carbonyl (C=O) groups excluding carboxylic acids is 3. The molecule has 29 heavy (non-hydrogen) atoms. The molecule has 2 fully saturated rings. The number of methoxy groups -OCH3 is 1. The first-order valence-electron chi connectivity index (χ1n) is 9.77. The van der Waals surface area contributed by atoms with Crippen molar-refractivity contribution in [1.82, 2.24) is 15.1 Å². The monoisotopic (exact) mass is 421 g/mol. The van der Waals surface area contributed by atoms with Gasteiger partial charge in [-0.15, -0.1) is 11.8 Å². The molecule has 1 N–H and O–H groups in total. The summed E-state index contributed by atoms with van der Waals surface area (Å²) in [6, 6.07) is 6.93. The molecule has 1 spiro atoms. The van der Waals surface area contributed by atoms with E-state index in [1.165, 1.54) is 0 Å². The molecule has 0 aromatic heterocycles. The average molecular weight is 422 g/mol. The van der Waals surface area contributed by atoms with Gasteiger partial charge in [-0.3, -0.25) is 9.59 Å². The van der Waals surface area contributed by atoms with E-state index in [1.54, 1.807) is 42.8 Å². The van der Waals surface area contributed by atoms with Crippen LogP contribution in [0.25, 0.3) is 0 Å². The Labute approximate surface area is 174 Å². The third-order valence-electron chi connectivity index (χ3n) is 5.26. The largest absolute Gasteiger partial charge is 0.497 e. The number of nitrogens with zero attached hydrogens (tertiary/aromatic N) is 2. The molecule has 3 amide bonds. The second kappa shape index (κ2) is 9.39. The van der Waals surface area contributed by atoms with E-state index < -0.39 is 5.97 Å². The Bertz CT molecular complexity index is 764. The fraction of sp³-hybridized carbons (Fsp3) is 0.550. The number of hydrogen-bond donors (Lipinski definition) is 1. The molecule has 2 saturated heterocycles. The summed E-state index contributed by atoms with van der Waals surface area (Å²) in [5.41, 5.74) is 0.612. The van der Waals surface area contributed by atoms with Crippen LogP contribution in [0.4, 0.5) is 4.79 Å². The molecule has 0 radical (unpaired) electrons. The predicted molar refractivity (Wildman–Crippen MR) is 110 cm³/mol. The SMILES string of the molecule is CCOC(=O)CNC(=O)N1CCC2(CC1)SCCN2C(=O)c1cccc(OC)c1. The minimum absolute atomic E-state index is 0.00545. The first-order chi connectivity index (χ1) is 14.0. The molecule has 0 saturated carbocycles. The molecule has 0 bridgehead atoms. The van der Waals surface area contributed by atoms with E-state index in [2.05, 4.69) is 5.32 Å². The first kappa shape index (κ1) is 21.3. The van der Waals surface area contributed by atoms with Crippen LogP contribution in [0.5, 0.6) is 5.75 Å². The number of ether oxygens (including phenoxy) is 2. The van der Waals surface area contributed by atoms with Gasteiger partial charge < -0.3 is 24.6 Å². The molecule has 158 valence electrons. The van der Waals surface area contributed by atoms with Gasteiger partial charge >= 0.3 is 12.0 Å². The Morgan fingerprint density at radius 2 is 1.97 bits per heavy atom. The van der Waals surface area contributed by atoms with Gasteiger partial charge in [-0.2, -0.15) is 0 Å². The fourth-order valence-corrected chi connectivity index (χ4v) is 5.21. The third-order valence-corrected chi connectivity index (χ3v) is 6.81. The Morgan fingerprint density at radius 3 is 2.66 bits per heavy atom. The van der Waals surface area contributed by atoms with Gasteiger partial charge in [0.25, 0.3) is 5.91 Å². The van der Waals surface area contributed by atoms with Crippen molar-refractivity contribution in [2.75, 3.05) is 45.6 Å². The molecule has 2 aliphatic rings. The zero-order valence-corrected chi connectivity index (χ0v) is 17.6. The number of amides is 3. The van der Waals surface area contributed by atoms with E-state index in [-0.39, 0.29) is 30.0 Å². The number of likely N-dealkylation sites (tertiary alicyclic amines) is 1. The van der Waals surface area contributed by atoms with Crippen molar-refractivity contribution in [3.63, 3.8) is 0 Å². The standard InChI is InChI=1S/C20H27N3O5S/c1-3-28-17(24)14-21-19(26)22-9-7-20(8-10-22)23(11-12-29-20)18(25)15-5-4-6-16(13-15)27-2/h4-6,13H,3,7-12,14H2,1-2H3,(H,21,26). The van der Waals surface area contributed by atoms with Crippen LogP contribution in [0.1, 0.15) is 30.1 Å². The minimum atomic E-state index is -0.448. The first-order valence-corrected chi connectivity index (χ1v) is 10.8. The maximum Gasteiger partial charge on any atom is 0.325 e. The molecule has 9 heteroatoms. The molecular weight excluding hydrogens is 394 g/mol. The number of carbonyl (C=O) groups is 3. The van der Waals surface area contributed by atoms with Gasteiger partial charge in [0, 0.05) is 31.0 Å². The second-order valence-corrected chi connectivity index (χ2v) is 8.39. The van der Waals surface area contributed by atoms with Crippen LogP contribution in [0.2, 0.25) is 0 Å². The van der Waals surface area contributed by atoms with Gasteiger partial charge in [0.2, 0.25) is 0 Å². The molecule has 2 aliphatic heterocycles. The number of nitrogens with one attached hydrogen (secondary N) is 1. The zero-order chi connectivity index (χ0) is 20.9. The predicted octanol–water partition coefficient (Wildman–Crippen LogP) is 1.95. The van der Waals surface area contributed by atoms with Crippen LogP contribution in [0.3, 0.4) is 0 Å². The number of esters is 1. The number of piperidine rings is 1. The summed E-state index contributed by atoms with van der Waals surface area (Å²) < 4.78 is 10.1. The maximum atomic E-state index is 13.2. The van der Waals surface area contributed by atoms with Gasteiger partial charge in [0.05, 0.1) is 18.6 Å². The molecule has 0 unspecified atom stereocenters. The number of benzene rings is 1. The van der Waals surface area contributed by atoms with E-state index in [4.69, 9.17) is 9.47 Å². The summed E-state index contributed by atoms with van der Waals surface area (Å²) >= 11 is 1.79. The Hall–Kier alpha value is -2.42. The molecule has 0 aliphatic carbocycles. The highest BCUT2D eigenvalue weighted by atomic mass is 32.2. The van der Waals surface area contributed by atoms with Crippen molar-refractivity contribution in [1.29, 1.82) is 0 Å². The van der Waals surface area contributed by atoms with Crippen molar-refractivity contribution < 1.29 is 23.9 Å². The molecule has 1 aromatic rings. The lowest BCUT2D eigenvalue weighted by Crippen LogP contribution is -2.55. The number of rotatable bonds is 5. The van der Waals surface area contributed by atoms with E-state index in [0.29, 0.717) is 43.8 Å². The number of urea groups is 1. The van der Waals surface area contributed by atoms with Crippen molar-refractivity contribution >= 4 is 29.7 Å². The number of thioether (sulfide) groups is 1. The van der Waals surface area contributed by atoms with Crippen molar-refractivity contribution in [3.8, 4) is 5.75 Å². The summed E-state index contributed by atoms with van der Waals surface area (Å²) in [6.07, 6.45) is 1.39. The van der Waals surface area contributed by atoms with E-state index >= 15 is 0 Å². The van der Waals surface area contributed by atoms with E-state index in [0.717, 1.165) is 5.75 Å². The van der Waals surface area contributed by atoms with Gasteiger partial charge in [0.15, 0.2) is 0 Å². The third kappa shape index (κ3) is 4.77. The lowest BCUT2D eigenvalue weighted by atomic mass is 10.0. The Kier molecular flexibility index (Phi) is 6.89. The summed E-state index contributed by atoms with van der Waals surface area (Å²) in [7, 11) is 1.58. The van der Waals surface area contributed by atoms with Crippen LogP contribution >= 0.6 is 11.8 Å². The van der Waals surface area contributed by atoms with Crippen LogP contribution in [-0.2, 0) is 9.53 Å². The van der Waals surface area contributed by atoms with Crippen molar-refractivity contribution in [3.05, 3.63) is 29.8 Å². The van der Waals surface area contributed by atoms with Crippen LogP contribution < -0.4 is 10.1 Å². The summed E-state index contributed by atoms with van der Waals surface area (Å²) in [6.45, 7) is 3.63. The normalized spacial score (nSPS) is 17.9. The van der Waals surface area contributed by atoms with E-state index in [9.17, 15) is 14.4 Å². The fourth-order valence-electron chi connectivity index (χ4n) is 3.75. The lowest BCUT2D eigenvalue weighted by Gasteiger charge is -2.44. The van der Waals surface area contributed by atoms with Crippen LogP contribution in [0, 0.1) is 0 Å². The molecule has 3 rings (SSSR count). The lowest BCUT2D eigenvalue weighted by molar-refractivity contribution is -0.141. The molecule has 0 atom stereocenters.